The molecule has 0 radical (unpaired) electrons. The molecule has 0 saturated carbocycles. The van der Waals surface area contributed by atoms with Gasteiger partial charge in [-0.2, -0.15) is 0 Å². The molecule has 0 aliphatic carbocycles. The molecule has 2 aromatic rings. The largest absolute Gasteiger partial charge is 0.241 e. The molecule has 1 heterocycles. The van der Waals surface area contributed by atoms with Crippen LogP contribution in [0.3, 0.4) is 0 Å². The molecule has 5 heteroatoms. The van der Waals surface area contributed by atoms with Gasteiger partial charge in [0.15, 0.2) is 0 Å². The summed E-state index contributed by atoms with van der Waals surface area (Å²) in [7, 11) is -3.44. The molecule has 0 amide bonds. The van der Waals surface area contributed by atoms with Gasteiger partial charge >= 0.3 is 0 Å². The van der Waals surface area contributed by atoms with Crippen molar-refractivity contribution in [2.24, 2.45) is 0 Å². The standard InChI is InChI=1S/C14H17NO2S2/c1-11-6-3-4-8-14(11)19(16,17)15-12(2)10-13-7-5-9-18-13/h3-9,12,15H,10H2,1-2H3. The number of benzene rings is 1. The summed E-state index contributed by atoms with van der Waals surface area (Å²) in [4.78, 5) is 1.54. The Labute approximate surface area is 118 Å². The van der Waals surface area contributed by atoms with E-state index in [2.05, 4.69) is 4.72 Å². The van der Waals surface area contributed by atoms with Crippen LogP contribution < -0.4 is 4.72 Å². The van der Waals surface area contributed by atoms with Gasteiger partial charge in [-0.05, 0) is 43.3 Å². The highest BCUT2D eigenvalue weighted by Gasteiger charge is 2.19. The predicted molar refractivity (Wildman–Crippen MR) is 79.0 cm³/mol. The van der Waals surface area contributed by atoms with E-state index in [4.69, 9.17) is 0 Å². The van der Waals surface area contributed by atoms with Crippen molar-refractivity contribution < 1.29 is 8.42 Å². The maximum absolute atomic E-state index is 12.3. The van der Waals surface area contributed by atoms with Gasteiger partial charge in [0, 0.05) is 10.9 Å². The molecule has 102 valence electrons. The second kappa shape index (κ2) is 5.86. The van der Waals surface area contributed by atoms with Crippen LogP contribution in [-0.4, -0.2) is 14.5 Å². The first-order valence-electron chi connectivity index (χ1n) is 6.09. The van der Waals surface area contributed by atoms with E-state index >= 15 is 0 Å². The van der Waals surface area contributed by atoms with Gasteiger partial charge in [0.05, 0.1) is 4.90 Å². The van der Waals surface area contributed by atoms with Crippen molar-refractivity contribution in [1.82, 2.24) is 4.72 Å². The monoisotopic (exact) mass is 295 g/mol. The van der Waals surface area contributed by atoms with Crippen LogP contribution in [0.5, 0.6) is 0 Å². The zero-order valence-electron chi connectivity index (χ0n) is 11.0. The molecular weight excluding hydrogens is 278 g/mol. The maximum Gasteiger partial charge on any atom is 0.241 e. The Hall–Kier alpha value is -1.17. The second-order valence-electron chi connectivity index (χ2n) is 4.57. The highest BCUT2D eigenvalue weighted by molar-refractivity contribution is 7.89. The van der Waals surface area contributed by atoms with Gasteiger partial charge in [0.1, 0.15) is 0 Å². The van der Waals surface area contributed by atoms with Crippen molar-refractivity contribution >= 4 is 21.4 Å². The third-order valence-corrected chi connectivity index (χ3v) is 5.48. The van der Waals surface area contributed by atoms with Gasteiger partial charge in [0.25, 0.3) is 0 Å². The first kappa shape index (κ1) is 14.2. The normalized spacial score (nSPS) is 13.4. The van der Waals surface area contributed by atoms with Crippen LogP contribution in [0.2, 0.25) is 0 Å². The van der Waals surface area contributed by atoms with Gasteiger partial charge in [-0.25, -0.2) is 13.1 Å². The van der Waals surface area contributed by atoms with Crippen molar-refractivity contribution in [1.29, 1.82) is 0 Å². The number of thiophene rings is 1. The minimum atomic E-state index is -3.44. The summed E-state index contributed by atoms with van der Waals surface area (Å²) in [5.41, 5.74) is 0.762. The molecule has 0 aliphatic rings. The minimum absolute atomic E-state index is 0.122. The van der Waals surface area contributed by atoms with Crippen molar-refractivity contribution in [2.75, 3.05) is 0 Å². The maximum atomic E-state index is 12.3. The van der Waals surface area contributed by atoms with Crippen LogP contribution in [0.25, 0.3) is 0 Å². The molecule has 2 rings (SSSR count). The van der Waals surface area contributed by atoms with Crippen molar-refractivity contribution in [3.05, 3.63) is 52.2 Å². The topological polar surface area (TPSA) is 46.2 Å². The molecule has 0 saturated heterocycles. The van der Waals surface area contributed by atoms with Gasteiger partial charge in [-0.1, -0.05) is 24.3 Å². The number of nitrogens with one attached hydrogen (secondary N) is 1. The van der Waals surface area contributed by atoms with Crippen molar-refractivity contribution in [3.8, 4) is 0 Å². The average molecular weight is 295 g/mol. The number of sulfonamides is 1. The highest BCUT2D eigenvalue weighted by Crippen LogP contribution is 2.16. The summed E-state index contributed by atoms with van der Waals surface area (Å²) < 4.78 is 27.3. The van der Waals surface area contributed by atoms with Crippen molar-refractivity contribution in [2.45, 2.75) is 31.2 Å². The quantitative estimate of drug-likeness (QED) is 0.922. The summed E-state index contributed by atoms with van der Waals surface area (Å²) in [6.07, 6.45) is 0.711. The van der Waals surface area contributed by atoms with Gasteiger partial charge < -0.3 is 0 Å². The Balaban J connectivity index is 2.11. The molecule has 0 bridgehead atoms. The Morgan fingerprint density at radius 1 is 1.21 bits per heavy atom. The summed E-state index contributed by atoms with van der Waals surface area (Å²) >= 11 is 1.64. The zero-order valence-corrected chi connectivity index (χ0v) is 12.6. The molecule has 1 aromatic carbocycles. The highest BCUT2D eigenvalue weighted by atomic mass is 32.2. The van der Waals surface area contributed by atoms with Gasteiger partial charge in [-0.15, -0.1) is 11.3 Å². The molecule has 1 atom stereocenters. The van der Waals surface area contributed by atoms with Crippen molar-refractivity contribution in [3.63, 3.8) is 0 Å². The summed E-state index contributed by atoms with van der Waals surface area (Å²) in [5, 5.41) is 2.00. The van der Waals surface area contributed by atoms with Crippen LogP contribution in [0, 0.1) is 6.92 Å². The Kier molecular flexibility index (Phi) is 4.39. The number of aryl methyl sites for hydroxylation is 1. The lowest BCUT2D eigenvalue weighted by Crippen LogP contribution is -2.34. The van der Waals surface area contributed by atoms with Crippen LogP contribution in [0.1, 0.15) is 17.4 Å². The lowest BCUT2D eigenvalue weighted by Gasteiger charge is -2.14. The van der Waals surface area contributed by atoms with E-state index in [1.807, 2.05) is 30.5 Å². The summed E-state index contributed by atoms with van der Waals surface area (Å²) in [6.45, 7) is 3.69. The van der Waals surface area contributed by atoms with Gasteiger partial charge in [0.2, 0.25) is 10.0 Å². The minimum Gasteiger partial charge on any atom is -0.208 e. The predicted octanol–water partition coefficient (Wildman–Crippen LogP) is 2.97. The Bertz CT molecular complexity index is 633. The number of hydrogen-bond acceptors (Lipinski definition) is 3. The summed E-state index contributed by atoms with van der Waals surface area (Å²) in [5.74, 6) is 0. The average Bonchev–Trinajstić information content (AvgIpc) is 2.81. The Morgan fingerprint density at radius 3 is 2.58 bits per heavy atom. The van der Waals surface area contributed by atoms with E-state index < -0.39 is 10.0 Å². The van der Waals surface area contributed by atoms with Crippen LogP contribution in [-0.2, 0) is 16.4 Å². The number of rotatable bonds is 5. The van der Waals surface area contributed by atoms with E-state index in [0.717, 1.165) is 5.56 Å². The van der Waals surface area contributed by atoms with E-state index in [-0.39, 0.29) is 6.04 Å². The van der Waals surface area contributed by atoms with Crippen LogP contribution >= 0.6 is 11.3 Å². The molecule has 19 heavy (non-hydrogen) atoms. The summed E-state index contributed by atoms with van der Waals surface area (Å²) in [6, 6.07) is 10.9. The zero-order chi connectivity index (χ0) is 13.9. The van der Waals surface area contributed by atoms with Crippen LogP contribution in [0.4, 0.5) is 0 Å². The third kappa shape index (κ3) is 3.65. The fourth-order valence-electron chi connectivity index (χ4n) is 1.96. The fourth-order valence-corrected chi connectivity index (χ4v) is 4.28. The smallest absolute Gasteiger partial charge is 0.208 e. The van der Waals surface area contributed by atoms with E-state index in [9.17, 15) is 8.42 Å². The first-order chi connectivity index (χ1) is 8.99. The van der Waals surface area contributed by atoms with E-state index in [1.54, 1.807) is 36.5 Å². The number of hydrogen-bond donors (Lipinski definition) is 1. The second-order valence-corrected chi connectivity index (χ2v) is 7.29. The fraction of sp³-hybridized carbons (Fsp3) is 0.286. The van der Waals surface area contributed by atoms with E-state index in [0.29, 0.717) is 11.3 Å². The van der Waals surface area contributed by atoms with E-state index in [1.165, 1.54) is 4.88 Å². The lowest BCUT2D eigenvalue weighted by atomic mass is 10.2. The first-order valence-corrected chi connectivity index (χ1v) is 8.45. The molecular formula is C14H17NO2S2. The molecule has 0 spiro atoms. The SMILES string of the molecule is Cc1ccccc1S(=O)(=O)NC(C)Cc1cccs1. The molecule has 0 fully saturated rings. The van der Waals surface area contributed by atoms with Gasteiger partial charge in [-0.3, -0.25) is 0 Å². The Morgan fingerprint density at radius 2 is 1.95 bits per heavy atom. The molecule has 0 aliphatic heterocycles. The molecule has 1 unspecified atom stereocenters. The lowest BCUT2D eigenvalue weighted by molar-refractivity contribution is 0.560. The molecule has 3 nitrogen and oxygen atoms in total. The molecule has 1 aromatic heterocycles. The molecule has 1 N–H and O–H groups in total. The van der Waals surface area contributed by atoms with Crippen LogP contribution in [0.15, 0.2) is 46.7 Å². The third-order valence-electron chi connectivity index (χ3n) is 2.83.